The van der Waals surface area contributed by atoms with Gasteiger partial charge in [-0.15, -0.1) is 0 Å². The molecule has 3 fully saturated rings. The maximum absolute atomic E-state index is 6.06. The van der Waals surface area contributed by atoms with E-state index in [0.717, 1.165) is 19.1 Å². The molecule has 1 saturated carbocycles. The standard InChI is InChI=1S/C15H27NO2/c1-11-13(5-8-17-11)14(16-2)12-4-9-18-15(10-12)6-3-7-15/h11-14,16H,3-10H2,1-2H3. The molecule has 1 spiro atoms. The van der Waals surface area contributed by atoms with Gasteiger partial charge in [-0.25, -0.2) is 0 Å². The van der Waals surface area contributed by atoms with E-state index in [0.29, 0.717) is 18.1 Å². The van der Waals surface area contributed by atoms with E-state index in [-0.39, 0.29) is 5.60 Å². The number of hydrogen-bond acceptors (Lipinski definition) is 3. The summed E-state index contributed by atoms with van der Waals surface area (Å²) >= 11 is 0. The average molecular weight is 253 g/mol. The summed E-state index contributed by atoms with van der Waals surface area (Å²) in [6, 6.07) is 0.615. The minimum Gasteiger partial charge on any atom is -0.378 e. The Morgan fingerprint density at radius 2 is 2.06 bits per heavy atom. The molecule has 4 atom stereocenters. The van der Waals surface area contributed by atoms with Crippen LogP contribution in [0.5, 0.6) is 0 Å². The first kappa shape index (κ1) is 12.9. The quantitative estimate of drug-likeness (QED) is 0.837. The molecule has 0 radical (unpaired) electrons. The smallest absolute Gasteiger partial charge is 0.0685 e. The summed E-state index contributed by atoms with van der Waals surface area (Å²) in [6.45, 7) is 4.14. The van der Waals surface area contributed by atoms with Crippen molar-refractivity contribution in [2.75, 3.05) is 20.3 Å². The predicted molar refractivity (Wildman–Crippen MR) is 71.6 cm³/mol. The molecular formula is C15H27NO2. The zero-order valence-electron chi connectivity index (χ0n) is 11.8. The molecule has 1 aliphatic carbocycles. The maximum atomic E-state index is 6.06. The van der Waals surface area contributed by atoms with Crippen LogP contribution in [0.25, 0.3) is 0 Å². The molecule has 3 rings (SSSR count). The molecular weight excluding hydrogens is 226 g/mol. The summed E-state index contributed by atoms with van der Waals surface area (Å²) in [5.41, 5.74) is 0.265. The van der Waals surface area contributed by atoms with Gasteiger partial charge in [-0.2, -0.15) is 0 Å². The van der Waals surface area contributed by atoms with Gasteiger partial charge in [0.1, 0.15) is 0 Å². The van der Waals surface area contributed by atoms with Crippen LogP contribution in [0.3, 0.4) is 0 Å². The van der Waals surface area contributed by atoms with E-state index >= 15 is 0 Å². The van der Waals surface area contributed by atoms with Gasteiger partial charge in [-0.3, -0.25) is 0 Å². The lowest BCUT2D eigenvalue weighted by Crippen LogP contribution is -2.52. The Balaban J connectivity index is 1.67. The summed E-state index contributed by atoms with van der Waals surface area (Å²) in [5, 5.41) is 3.59. The van der Waals surface area contributed by atoms with E-state index in [1.54, 1.807) is 0 Å². The van der Waals surface area contributed by atoms with Crippen LogP contribution in [0.15, 0.2) is 0 Å². The van der Waals surface area contributed by atoms with E-state index in [1.807, 2.05) is 0 Å². The molecule has 3 heteroatoms. The van der Waals surface area contributed by atoms with Crippen molar-refractivity contribution < 1.29 is 9.47 Å². The second-order valence-electron chi connectivity index (χ2n) is 6.48. The molecule has 3 aliphatic rings. The van der Waals surface area contributed by atoms with Gasteiger partial charge in [0.2, 0.25) is 0 Å². The number of ether oxygens (including phenoxy) is 2. The van der Waals surface area contributed by atoms with E-state index < -0.39 is 0 Å². The second-order valence-corrected chi connectivity index (χ2v) is 6.48. The van der Waals surface area contributed by atoms with Gasteiger partial charge in [0, 0.05) is 25.2 Å². The molecule has 0 bridgehead atoms. The van der Waals surface area contributed by atoms with Gasteiger partial charge >= 0.3 is 0 Å². The fourth-order valence-electron chi connectivity index (χ4n) is 4.31. The van der Waals surface area contributed by atoms with E-state index in [2.05, 4.69) is 19.3 Å². The highest BCUT2D eigenvalue weighted by atomic mass is 16.5. The average Bonchev–Trinajstić information content (AvgIpc) is 2.75. The Bertz CT molecular complexity index is 290. The first-order chi connectivity index (χ1) is 8.74. The molecule has 2 aliphatic heterocycles. The molecule has 2 saturated heterocycles. The van der Waals surface area contributed by atoms with Crippen LogP contribution < -0.4 is 5.32 Å². The molecule has 0 aromatic carbocycles. The Labute approximate surface area is 111 Å². The van der Waals surface area contributed by atoms with Crippen LogP contribution in [-0.4, -0.2) is 38.0 Å². The van der Waals surface area contributed by atoms with Gasteiger partial charge in [0.15, 0.2) is 0 Å². The third-order valence-corrected chi connectivity index (χ3v) is 5.53. The van der Waals surface area contributed by atoms with Crippen LogP contribution in [0.1, 0.15) is 45.4 Å². The third-order valence-electron chi connectivity index (χ3n) is 5.53. The lowest BCUT2D eigenvalue weighted by atomic mass is 9.68. The first-order valence-electron chi connectivity index (χ1n) is 7.67. The minimum absolute atomic E-state index is 0.265. The van der Waals surface area contributed by atoms with Crippen LogP contribution in [-0.2, 0) is 9.47 Å². The van der Waals surface area contributed by atoms with Gasteiger partial charge in [-0.1, -0.05) is 0 Å². The fourth-order valence-corrected chi connectivity index (χ4v) is 4.31. The zero-order valence-corrected chi connectivity index (χ0v) is 11.8. The van der Waals surface area contributed by atoms with Gasteiger partial charge < -0.3 is 14.8 Å². The highest BCUT2D eigenvalue weighted by molar-refractivity contribution is 4.98. The van der Waals surface area contributed by atoms with Crippen LogP contribution in [0, 0.1) is 11.8 Å². The molecule has 0 aromatic rings. The molecule has 1 N–H and O–H groups in total. The molecule has 3 nitrogen and oxygen atoms in total. The van der Waals surface area contributed by atoms with Crippen molar-refractivity contribution in [2.24, 2.45) is 11.8 Å². The molecule has 4 unspecified atom stereocenters. The third kappa shape index (κ3) is 2.21. The van der Waals surface area contributed by atoms with E-state index in [1.165, 1.54) is 38.5 Å². The van der Waals surface area contributed by atoms with Crippen LogP contribution in [0.4, 0.5) is 0 Å². The van der Waals surface area contributed by atoms with Crippen molar-refractivity contribution in [1.82, 2.24) is 5.32 Å². The Hall–Kier alpha value is -0.120. The molecule has 0 amide bonds. The lowest BCUT2D eigenvalue weighted by Gasteiger charge is -2.49. The summed E-state index contributed by atoms with van der Waals surface area (Å²) in [6.07, 6.45) is 8.06. The van der Waals surface area contributed by atoms with Gasteiger partial charge in [0.25, 0.3) is 0 Å². The number of hydrogen-bond donors (Lipinski definition) is 1. The van der Waals surface area contributed by atoms with Crippen molar-refractivity contribution in [2.45, 2.75) is 63.2 Å². The minimum atomic E-state index is 0.265. The number of rotatable bonds is 3. The number of nitrogens with one attached hydrogen (secondary N) is 1. The highest BCUT2D eigenvalue weighted by Crippen LogP contribution is 2.46. The molecule has 104 valence electrons. The molecule has 18 heavy (non-hydrogen) atoms. The Morgan fingerprint density at radius 1 is 1.22 bits per heavy atom. The maximum Gasteiger partial charge on any atom is 0.0685 e. The van der Waals surface area contributed by atoms with Crippen molar-refractivity contribution in [3.05, 3.63) is 0 Å². The van der Waals surface area contributed by atoms with Crippen LogP contribution >= 0.6 is 0 Å². The normalized spacial score (nSPS) is 40.7. The monoisotopic (exact) mass is 253 g/mol. The SMILES string of the molecule is CNC(C1CCOC2(CCC2)C1)C1CCOC1C. The Kier molecular flexibility index (Phi) is 3.65. The largest absolute Gasteiger partial charge is 0.378 e. The fraction of sp³-hybridized carbons (Fsp3) is 1.00. The second kappa shape index (κ2) is 5.10. The molecule has 0 aromatic heterocycles. The zero-order chi connectivity index (χ0) is 12.6. The van der Waals surface area contributed by atoms with E-state index in [9.17, 15) is 0 Å². The van der Waals surface area contributed by atoms with Crippen molar-refractivity contribution >= 4 is 0 Å². The van der Waals surface area contributed by atoms with E-state index in [4.69, 9.17) is 9.47 Å². The Morgan fingerprint density at radius 3 is 2.61 bits per heavy atom. The van der Waals surface area contributed by atoms with Crippen molar-refractivity contribution in [3.63, 3.8) is 0 Å². The van der Waals surface area contributed by atoms with Gasteiger partial charge in [-0.05, 0) is 58.4 Å². The molecule has 2 heterocycles. The van der Waals surface area contributed by atoms with Crippen molar-refractivity contribution in [3.8, 4) is 0 Å². The van der Waals surface area contributed by atoms with Crippen molar-refractivity contribution in [1.29, 1.82) is 0 Å². The summed E-state index contributed by atoms with van der Waals surface area (Å²) < 4.78 is 11.8. The van der Waals surface area contributed by atoms with Gasteiger partial charge in [0.05, 0.1) is 11.7 Å². The predicted octanol–water partition coefficient (Wildman–Crippen LogP) is 2.35. The highest BCUT2D eigenvalue weighted by Gasteiger charge is 2.46. The lowest BCUT2D eigenvalue weighted by molar-refractivity contribution is -0.149. The summed E-state index contributed by atoms with van der Waals surface area (Å²) in [4.78, 5) is 0. The first-order valence-corrected chi connectivity index (χ1v) is 7.67. The van der Waals surface area contributed by atoms with Crippen LogP contribution in [0.2, 0.25) is 0 Å². The topological polar surface area (TPSA) is 30.5 Å². The summed E-state index contributed by atoms with van der Waals surface area (Å²) in [5.74, 6) is 1.47. The summed E-state index contributed by atoms with van der Waals surface area (Å²) in [7, 11) is 2.12.